The molecule has 0 aliphatic carbocycles. The molecule has 0 radical (unpaired) electrons. The number of sulfone groups is 1. The molecule has 0 saturated carbocycles. The molecule has 18 heavy (non-hydrogen) atoms. The predicted molar refractivity (Wildman–Crippen MR) is 70.5 cm³/mol. The number of anilines is 1. The van der Waals surface area contributed by atoms with Crippen LogP contribution in [0.2, 0.25) is 5.02 Å². The normalized spacial score (nSPS) is 11.2. The number of halogens is 1. The van der Waals surface area contributed by atoms with Gasteiger partial charge in [-0.3, -0.25) is 0 Å². The third-order valence-electron chi connectivity index (χ3n) is 2.05. The van der Waals surface area contributed by atoms with Crippen LogP contribution in [-0.4, -0.2) is 33.0 Å². The zero-order valence-corrected chi connectivity index (χ0v) is 11.4. The van der Waals surface area contributed by atoms with Crippen LogP contribution < -0.4 is 5.73 Å². The number of rotatable bonds is 5. The second kappa shape index (κ2) is 6.06. The van der Waals surface area contributed by atoms with E-state index in [-0.39, 0.29) is 24.3 Å². The number of esters is 1. The van der Waals surface area contributed by atoms with E-state index in [1.54, 1.807) is 0 Å². The zero-order valence-electron chi connectivity index (χ0n) is 9.85. The summed E-state index contributed by atoms with van der Waals surface area (Å²) in [4.78, 5) is 11.6. The van der Waals surface area contributed by atoms with E-state index in [2.05, 4.69) is 0 Å². The molecular weight excluding hydrogens is 278 g/mol. The molecule has 0 bridgehead atoms. The van der Waals surface area contributed by atoms with Crippen LogP contribution >= 0.6 is 11.6 Å². The number of carbonyl (C=O) groups excluding carboxylic acids is 1. The SMILES string of the molecule is CS(=O)(=O)CCCOC(=O)c1cc(N)cc(Cl)c1. The molecule has 1 aromatic rings. The third-order valence-corrected chi connectivity index (χ3v) is 3.30. The summed E-state index contributed by atoms with van der Waals surface area (Å²) in [6.45, 7) is 0.0400. The second-order valence-corrected chi connectivity index (χ2v) is 6.59. The topological polar surface area (TPSA) is 86.5 Å². The van der Waals surface area contributed by atoms with Gasteiger partial charge in [-0.25, -0.2) is 13.2 Å². The number of carbonyl (C=O) groups is 1. The number of nitrogens with two attached hydrogens (primary N) is 1. The Bertz CT molecular complexity index is 522. The Kier molecular flexibility index (Phi) is 4.98. The first-order chi connectivity index (χ1) is 8.28. The standard InChI is InChI=1S/C11H14ClNO4S/c1-18(15,16)4-2-3-17-11(14)8-5-9(12)7-10(13)6-8/h5-7H,2-4,13H2,1H3. The molecule has 0 fully saturated rings. The van der Waals surface area contributed by atoms with E-state index >= 15 is 0 Å². The molecule has 0 heterocycles. The van der Waals surface area contributed by atoms with Gasteiger partial charge in [0.05, 0.1) is 17.9 Å². The molecule has 7 heteroatoms. The van der Waals surface area contributed by atoms with Gasteiger partial charge in [0.2, 0.25) is 0 Å². The molecule has 0 aromatic heterocycles. The van der Waals surface area contributed by atoms with Crippen LogP contribution in [0.3, 0.4) is 0 Å². The summed E-state index contributed by atoms with van der Waals surface area (Å²) >= 11 is 5.75. The summed E-state index contributed by atoms with van der Waals surface area (Å²) in [6.07, 6.45) is 1.40. The van der Waals surface area contributed by atoms with E-state index in [0.717, 1.165) is 6.26 Å². The average Bonchev–Trinajstić information content (AvgIpc) is 2.21. The maximum absolute atomic E-state index is 11.6. The summed E-state index contributed by atoms with van der Waals surface area (Å²) in [5, 5.41) is 0.345. The lowest BCUT2D eigenvalue weighted by Crippen LogP contribution is -2.11. The van der Waals surface area contributed by atoms with Crippen LogP contribution in [0.1, 0.15) is 16.8 Å². The Hall–Kier alpha value is -1.27. The van der Waals surface area contributed by atoms with Crippen molar-refractivity contribution in [3.63, 3.8) is 0 Å². The molecule has 0 unspecified atom stereocenters. The minimum Gasteiger partial charge on any atom is -0.462 e. The molecule has 0 aliphatic rings. The Labute approximate surface area is 111 Å². The largest absolute Gasteiger partial charge is 0.462 e. The highest BCUT2D eigenvalue weighted by Gasteiger charge is 2.09. The second-order valence-electron chi connectivity index (χ2n) is 3.89. The molecule has 0 saturated heterocycles. The molecule has 2 N–H and O–H groups in total. The van der Waals surface area contributed by atoms with Crippen LogP contribution in [0.25, 0.3) is 0 Å². The maximum atomic E-state index is 11.6. The first-order valence-electron chi connectivity index (χ1n) is 5.19. The van der Waals surface area contributed by atoms with Crippen molar-refractivity contribution in [1.29, 1.82) is 0 Å². The average molecular weight is 292 g/mol. The number of benzene rings is 1. The smallest absolute Gasteiger partial charge is 0.338 e. The van der Waals surface area contributed by atoms with Crippen molar-refractivity contribution in [3.8, 4) is 0 Å². The summed E-state index contributed by atoms with van der Waals surface area (Å²) in [5.41, 5.74) is 6.15. The number of hydrogen-bond acceptors (Lipinski definition) is 5. The number of ether oxygens (including phenoxy) is 1. The molecule has 5 nitrogen and oxygen atoms in total. The Morgan fingerprint density at radius 2 is 2.06 bits per heavy atom. The van der Waals surface area contributed by atoms with E-state index in [4.69, 9.17) is 22.1 Å². The van der Waals surface area contributed by atoms with E-state index in [9.17, 15) is 13.2 Å². The van der Waals surface area contributed by atoms with Crippen molar-refractivity contribution in [2.24, 2.45) is 0 Å². The number of nitrogen functional groups attached to an aromatic ring is 1. The fraction of sp³-hybridized carbons (Fsp3) is 0.364. The molecule has 100 valence electrons. The first-order valence-corrected chi connectivity index (χ1v) is 7.63. The minimum atomic E-state index is -3.03. The monoisotopic (exact) mass is 291 g/mol. The van der Waals surface area contributed by atoms with Gasteiger partial charge in [0, 0.05) is 17.0 Å². The highest BCUT2D eigenvalue weighted by molar-refractivity contribution is 7.90. The van der Waals surface area contributed by atoms with E-state index < -0.39 is 15.8 Å². The number of hydrogen-bond donors (Lipinski definition) is 1. The van der Waals surface area contributed by atoms with Gasteiger partial charge in [-0.2, -0.15) is 0 Å². The molecule has 0 aliphatic heterocycles. The quantitative estimate of drug-likeness (QED) is 0.505. The van der Waals surface area contributed by atoms with Crippen molar-refractivity contribution >= 4 is 33.1 Å². The lowest BCUT2D eigenvalue weighted by atomic mass is 10.2. The molecule has 0 amide bonds. The molecule has 0 atom stereocenters. The van der Waals surface area contributed by atoms with Crippen molar-refractivity contribution in [2.45, 2.75) is 6.42 Å². The van der Waals surface area contributed by atoms with E-state index in [1.165, 1.54) is 18.2 Å². The fourth-order valence-electron chi connectivity index (χ4n) is 1.30. The lowest BCUT2D eigenvalue weighted by molar-refractivity contribution is 0.0506. The third kappa shape index (κ3) is 5.37. The summed E-state index contributed by atoms with van der Waals surface area (Å²) in [7, 11) is -3.03. The van der Waals surface area contributed by atoms with Crippen LogP contribution in [-0.2, 0) is 14.6 Å². The summed E-state index contributed by atoms with van der Waals surface area (Å²) in [6, 6.07) is 4.41. The molecule has 1 aromatic carbocycles. The first kappa shape index (κ1) is 14.8. The van der Waals surface area contributed by atoms with Crippen LogP contribution in [0, 0.1) is 0 Å². The highest BCUT2D eigenvalue weighted by Crippen LogP contribution is 2.17. The van der Waals surface area contributed by atoms with Gasteiger partial charge in [-0.15, -0.1) is 0 Å². The van der Waals surface area contributed by atoms with Gasteiger partial charge in [0.15, 0.2) is 0 Å². The van der Waals surface area contributed by atoms with Gasteiger partial charge in [0.1, 0.15) is 9.84 Å². The summed E-state index contributed by atoms with van der Waals surface area (Å²) < 4.78 is 26.6. The molecule has 0 spiro atoms. The lowest BCUT2D eigenvalue weighted by Gasteiger charge is -2.05. The van der Waals surface area contributed by atoms with E-state index in [0.29, 0.717) is 10.7 Å². The maximum Gasteiger partial charge on any atom is 0.338 e. The Morgan fingerprint density at radius 3 is 2.61 bits per heavy atom. The minimum absolute atomic E-state index is 0.0159. The Morgan fingerprint density at radius 1 is 1.39 bits per heavy atom. The van der Waals surface area contributed by atoms with Gasteiger partial charge >= 0.3 is 5.97 Å². The van der Waals surface area contributed by atoms with Crippen molar-refractivity contribution in [2.75, 3.05) is 24.3 Å². The van der Waals surface area contributed by atoms with Crippen molar-refractivity contribution in [1.82, 2.24) is 0 Å². The molecule has 1 rings (SSSR count). The van der Waals surface area contributed by atoms with Crippen LogP contribution in [0.15, 0.2) is 18.2 Å². The predicted octanol–water partition coefficient (Wildman–Crippen LogP) is 1.51. The van der Waals surface area contributed by atoms with Gasteiger partial charge in [-0.05, 0) is 24.6 Å². The van der Waals surface area contributed by atoms with Gasteiger partial charge in [0.25, 0.3) is 0 Å². The van der Waals surface area contributed by atoms with Crippen LogP contribution in [0.5, 0.6) is 0 Å². The zero-order chi connectivity index (χ0) is 13.8. The fourth-order valence-corrected chi connectivity index (χ4v) is 2.19. The Balaban J connectivity index is 2.51. The van der Waals surface area contributed by atoms with Gasteiger partial charge in [-0.1, -0.05) is 11.6 Å². The van der Waals surface area contributed by atoms with Crippen LogP contribution in [0.4, 0.5) is 5.69 Å². The van der Waals surface area contributed by atoms with Gasteiger partial charge < -0.3 is 10.5 Å². The van der Waals surface area contributed by atoms with E-state index in [1.807, 2.05) is 0 Å². The molecular formula is C11H14ClNO4S. The van der Waals surface area contributed by atoms with Crippen molar-refractivity contribution < 1.29 is 17.9 Å². The summed E-state index contributed by atoms with van der Waals surface area (Å²) in [5.74, 6) is -0.587. The van der Waals surface area contributed by atoms with Crippen molar-refractivity contribution in [3.05, 3.63) is 28.8 Å². The highest BCUT2D eigenvalue weighted by atomic mass is 35.5.